The van der Waals surface area contributed by atoms with Crippen LogP contribution in [0.2, 0.25) is 0 Å². The van der Waals surface area contributed by atoms with Gasteiger partial charge in [-0.15, -0.1) is 11.3 Å². The minimum atomic E-state index is -1.02. The van der Waals surface area contributed by atoms with Crippen molar-refractivity contribution >= 4 is 29.1 Å². The van der Waals surface area contributed by atoms with E-state index in [1.165, 1.54) is 11.3 Å². The van der Waals surface area contributed by atoms with E-state index in [-0.39, 0.29) is 24.0 Å². The van der Waals surface area contributed by atoms with Gasteiger partial charge >= 0.3 is 11.8 Å². The van der Waals surface area contributed by atoms with Crippen LogP contribution in [0.4, 0.5) is 0 Å². The van der Waals surface area contributed by atoms with Gasteiger partial charge in [0.1, 0.15) is 0 Å². The van der Waals surface area contributed by atoms with Crippen molar-refractivity contribution < 1.29 is 14.4 Å². The van der Waals surface area contributed by atoms with E-state index >= 15 is 0 Å². The Balaban J connectivity index is 1.50. The number of likely N-dealkylation sites (N-methyl/N-ethyl adjacent to an activating group) is 1. The van der Waals surface area contributed by atoms with E-state index in [2.05, 4.69) is 32.1 Å². The molecule has 0 bridgehead atoms. The van der Waals surface area contributed by atoms with Gasteiger partial charge in [-0.25, -0.2) is 4.98 Å². The predicted molar refractivity (Wildman–Crippen MR) is 112 cm³/mol. The summed E-state index contributed by atoms with van der Waals surface area (Å²) >= 11 is 1.42. The molecule has 0 unspecified atom stereocenters. The van der Waals surface area contributed by atoms with Gasteiger partial charge in [-0.1, -0.05) is 0 Å². The van der Waals surface area contributed by atoms with Crippen LogP contribution in [-0.4, -0.2) is 57.8 Å². The van der Waals surface area contributed by atoms with Crippen LogP contribution in [-0.2, 0) is 22.6 Å². The van der Waals surface area contributed by atoms with Crippen LogP contribution in [0.15, 0.2) is 24.5 Å². The zero-order chi connectivity index (χ0) is 21.3. The van der Waals surface area contributed by atoms with Gasteiger partial charge in [0.2, 0.25) is 0 Å². The van der Waals surface area contributed by atoms with E-state index in [1.54, 1.807) is 0 Å². The van der Waals surface area contributed by atoms with Crippen molar-refractivity contribution in [3.05, 3.63) is 40.1 Å². The highest BCUT2D eigenvalue weighted by molar-refractivity contribution is 7.13. The summed E-state index contributed by atoms with van der Waals surface area (Å²) < 4.78 is 2.11. The molecule has 3 heterocycles. The quantitative estimate of drug-likeness (QED) is 0.607. The molecule has 4 N–H and O–H groups in total. The van der Waals surface area contributed by atoms with Gasteiger partial charge in [0, 0.05) is 48.9 Å². The van der Waals surface area contributed by atoms with Crippen molar-refractivity contribution in [3.8, 4) is 0 Å². The van der Waals surface area contributed by atoms with Crippen LogP contribution < -0.4 is 16.4 Å². The molecule has 2 aliphatic rings. The molecule has 0 aromatic carbocycles. The number of nitrogens with two attached hydrogens (primary N) is 1. The number of amides is 3. The first-order chi connectivity index (χ1) is 14.4. The van der Waals surface area contributed by atoms with E-state index in [0.717, 1.165) is 36.5 Å². The molecule has 1 saturated carbocycles. The van der Waals surface area contributed by atoms with Gasteiger partial charge < -0.3 is 25.8 Å². The Morgan fingerprint density at radius 3 is 2.67 bits per heavy atom. The number of thiazole rings is 1. The summed E-state index contributed by atoms with van der Waals surface area (Å²) in [6, 6.07) is 3.44. The molecule has 3 amide bonds. The number of hydrogen-bond acceptors (Lipinski definition) is 6. The van der Waals surface area contributed by atoms with Crippen LogP contribution in [0.3, 0.4) is 0 Å². The number of primary amides is 1. The first-order valence-electron chi connectivity index (χ1n) is 10.1. The average Bonchev–Trinajstić information content (AvgIpc) is 3.38. The van der Waals surface area contributed by atoms with Crippen molar-refractivity contribution in [3.63, 3.8) is 0 Å². The Labute approximate surface area is 178 Å². The summed E-state index contributed by atoms with van der Waals surface area (Å²) in [4.78, 5) is 44.0. The Morgan fingerprint density at radius 2 is 1.93 bits per heavy atom. The van der Waals surface area contributed by atoms with Crippen molar-refractivity contribution in [1.82, 2.24) is 25.1 Å². The number of nitrogens with zero attached hydrogens (tertiary/aromatic N) is 3. The lowest BCUT2D eigenvalue weighted by molar-refractivity contribution is -0.138. The summed E-state index contributed by atoms with van der Waals surface area (Å²) in [7, 11) is 2.05. The highest BCUT2D eigenvalue weighted by atomic mass is 32.1. The lowest BCUT2D eigenvalue weighted by Gasteiger charge is -2.37. The molecule has 4 rings (SSSR count). The van der Waals surface area contributed by atoms with Gasteiger partial charge in [-0.3, -0.25) is 14.4 Å². The van der Waals surface area contributed by atoms with Gasteiger partial charge in [0.05, 0.1) is 11.7 Å². The minimum absolute atomic E-state index is 0.199. The number of rotatable bonds is 4. The van der Waals surface area contributed by atoms with Crippen LogP contribution >= 0.6 is 11.3 Å². The summed E-state index contributed by atoms with van der Waals surface area (Å²) in [5, 5.41) is 6.18. The maximum absolute atomic E-state index is 13.0. The van der Waals surface area contributed by atoms with E-state index in [9.17, 15) is 14.4 Å². The Bertz CT molecular complexity index is 940. The monoisotopic (exact) mass is 430 g/mol. The fourth-order valence-electron chi connectivity index (χ4n) is 4.23. The molecule has 1 aliphatic carbocycles. The van der Waals surface area contributed by atoms with Crippen LogP contribution in [0.5, 0.6) is 0 Å². The summed E-state index contributed by atoms with van der Waals surface area (Å²) in [5.74, 6) is -2.09. The molecule has 9 nitrogen and oxygen atoms in total. The second kappa shape index (κ2) is 8.57. The zero-order valence-electron chi connectivity index (χ0n) is 16.8. The zero-order valence-corrected chi connectivity index (χ0v) is 17.7. The molecular formula is C20H26N6O3S. The molecule has 0 spiro atoms. The van der Waals surface area contributed by atoms with Gasteiger partial charge in [-0.2, -0.15) is 0 Å². The Kier molecular flexibility index (Phi) is 5.87. The second-order valence-electron chi connectivity index (χ2n) is 8.00. The predicted octanol–water partition coefficient (Wildman–Crippen LogP) is 0.426. The minimum Gasteiger partial charge on any atom is -0.361 e. The molecule has 0 saturated heterocycles. The van der Waals surface area contributed by atoms with Crippen molar-refractivity contribution in [2.45, 2.75) is 50.4 Å². The molecule has 160 valence electrons. The van der Waals surface area contributed by atoms with Gasteiger partial charge in [0.15, 0.2) is 5.01 Å². The molecule has 1 fully saturated rings. The third-order valence-electron chi connectivity index (χ3n) is 5.84. The fraction of sp³-hybridized carbons (Fsp3) is 0.500. The summed E-state index contributed by atoms with van der Waals surface area (Å²) in [5.41, 5.74) is 6.10. The van der Waals surface area contributed by atoms with E-state index in [1.807, 2.05) is 24.5 Å². The first-order valence-corrected chi connectivity index (χ1v) is 10.9. The molecule has 0 radical (unpaired) electrons. The maximum atomic E-state index is 13.0. The lowest BCUT2D eigenvalue weighted by atomic mass is 9.86. The highest BCUT2D eigenvalue weighted by Gasteiger charge is 2.34. The molecule has 3 atom stereocenters. The number of aromatic nitrogens is 2. The number of fused-ring (bicyclic) bond motifs is 1. The van der Waals surface area contributed by atoms with Crippen molar-refractivity contribution in [2.24, 2.45) is 5.73 Å². The standard InChI is InChI=1S/C20H26N6O3S/c1-25-9-6-14-16(11-25)30-20(24-14)19(29)23-15-10-12(26-7-2-3-8-26)4-5-13(15)22-18(28)17(21)27/h2-3,7-8,12-13,15H,4-6,9-11H2,1H3,(H2,21,27)(H,22,28)(H,23,29)/t12-,13-,15+/m0/s1. The number of carbonyl (C=O) groups excluding carboxylic acids is 3. The number of hydrogen-bond donors (Lipinski definition) is 3. The largest absolute Gasteiger partial charge is 0.361 e. The molecule has 30 heavy (non-hydrogen) atoms. The van der Waals surface area contributed by atoms with Crippen LogP contribution in [0, 0.1) is 0 Å². The third-order valence-corrected chi connectivity index (χ3v) is 6.93. The average molecular weight is 431 g/mol. The maximum Gasteiger partial charge on any atom is 0.309 e. The highest BCUT2D eigenvalue weighted by Crippen LogP contribution is 2.30. The van der Waals surface area contributed by atoms with E-state index in [0.29, 0.717) is 17.8 Å². The third kappa shape index (κ3) is 4.39. The Hall–Kier alpha value is -2.72. The molecule has 2 aromatic heterocycles. The topological polar surface area (TPSA) is 122 Å². The molecule has 1 aliphatic heterocycles. The molecular weight excluding hydrogens is 404 g/mol. The fourth-order valence-corrected chi connectivity index (χ4v) is 5.32. The number of carbonyl (C=O) groups is 3. The first kappa shape index (κ1) is 20.5. The van der Waals surface area contributed by atoms with E-state index < -0.39 is 11.8 Å². The lowest BCUT2D eigenvalue weighted by Crippen LogP contribution is -2.56. The Morgan fingerprint density at radius 1 is 1.17 bits per heavy atom. The smallest absolute Gasteiger partial charge is 0.309 e. The van der Waals surface area contributed by atoms with Gasteiger partial charge in [0.25, 0.3) is 5.91 Å². The normalized spacial score (nSPS) is 24.1. The second-order valence-corrected chi connectivity index (χ2v) is 9.08. The van der Waals surface area contributed by atoms with Gasteiger partial charge in [-0.05, 0) is 38.4 Å². The molecule has 2 aromatic rings. The van der Waals surface area contributed by atoms with E-state index in [4.69, 9.17) is 5.73 Å². The molecule has 10 heteroatoms. The van der Waals surface area contributed by atoms with Crippen LogP contribution in [0.1, 0.15) is 45.7 Å². The number of nitrogens with one attached hydrogen (secondary N) is 2. The van der Waals surface area contributed by atoms with Crippen LogP contribution in [0.25, 0.3) is 0 Å². The van der Waals surface area contributed by atoms with Crippen molar-refractivity contribution in [1.29, 1.82) is 0 Å². The summed E-state index contributed by atoms with van der Waals surface area (Å²) in [6.07, 6.45) is 6.92. The SMILES string of the molecule is CN1CCc2nc(C(=O)N[C@@H]3C[C@@H](n4cccc4)CC[C@@H]3NC(=O)C(N)=O)sc2C1. The van der Waals surface area contributed by atoms with Crippen molar-refractivity contribution in [2.75, 3.05) is 13.6 Å². The summed E-state index contributed by atoms with van der Waals surface area (Å²) in [6.45, 7) is 1.73.